The Morgan fingerprint density at radius 3 is 2.79 bits per heavy atom. The summed E-state index contributed by atoms with van der Waals surface area (Å²) in [6, 6.07) is 9.69. The zero-order chi connectivity index (χ0) is 20.1. The molecular formula is C20H21N3O3S2. The van der Waals surface area contributed by atoms with Crippen LogP contribution < -0.4 is 15.4 Å². The summed E-state index contributed by atoms with van der Waals surface area (Å²) in [5.41, 5.74) is 2.95. The number of nitrogens with zero attached hydrogens (tertiary/aromatic N) is 1. The summed E-state index contributed by atoms with van der Waals surface area (Å²) >= 11 is 2.93. The predicted molar refractivity (Wildman–Crippen MR) is 113 cm³/mol. The highest BCUT2D eigenvalue weighted by Gasteiger charge is 2.11. The SMILES string of the molecule is CC(=O)NCc1ccc(-c2csc(NC(=O)COc3cccc(C)c3C)n2)s1. The molecule has 0 unspecified atom stereocenters. The lowest BCUT2D eigenvalue weighted by Crippen LogP contribution is -2.20. The van der Waals surface area contributed by atoms with Gasteiger partial charge in [0.1, 0.15) is 5.75 Å². The van der Waals surface area contributed by atoms with Gasteiger partial charge in [-0.05, 0) is 43.2 Å². The van der Waals surface area contributed by atoms with E-state index in [-0.39, 0.29) is 18.4 Å². The molecule has 0 saturated heterocycles. The summed E-state index contributed by atoms with van der Waals surface area (Å²) in [7, 11) is 0. The Kier molecular flexibility index (Phi) is 6.43. The average Bonchev–Trinajstić information content (AvgIpc) is 3.30. The number of carbonyl (C=O) groups excluding carboxylic acids is 2. The maximum Gasteiger partial charge on any atom is 0.264 e. The third-order valence-corrected chi connectivity index (χ3v) is 5.96. The van der Waals surface area contributed by atoms with E-state index in [0.29, 0.717) is 17.4 Å². The summed E-state index contributed by atoms with van der Waals surface area (Å²) in [5, 5.41) is 7.98. The largest absolute Gasteiger partial charge is 0.483 e. The molecule has 8 heteroatoms. The second-order valence-electron chi connectivity index (χ2n) is 6.25. The molecule has 0 aliphatic rings. The first-order valence-electron chi connectivity index (χ1n) is 8.70. The van der Waals surface area contributed by atoms with Crippen LogP contribution in [0.1, 0.15) is 22.9 Å². The molecule has 1 aromatic carbocycles. The number of amides is 2. The molecular weight excluding hydrogens is 394 g/mol. The van der Waals surface area contributed by atoms with Crippen molar-refractivity contribution in [3.05, 3.63) is 51.7 Å². The van der Waals surface area contributed by atoms with Gasteiger partial charge in [0.15, 0.2) is 11.7 Å². The van der Waals surface area contributed by atoms with E-state index < -0.39 is 0 Å². The van der Waals surface area contributed by atoms with Crippen LogP contribution in [0.2, 0.25) is 0 Å². The molecule has 146 valence electrons. The van der Waals surface area contributed by atoms with Gasteiger partial charge in [0.2, 0.25) is 5.91 Å². The standard InChI is InChI=1S/C20H21N3O3S2/c1-12-5-4-6-17(13(12)2)26-10-19(25)23-20-22-16(11-27-20)18-8-7-15(28-18)9-21-14(3)24/h4-8,11H,9-10H2,1-3H3,(H,21,24)(H,22,23,25). The fraction of sp³-hybridized carbons (Fsp3) is 0.250. The number of ether oxygens (including phenoxy) is 1. The molecule has 2 N–H and O–H groups in total. The molecule has 3 aromatic rings. The molecule has 0 spiro atoms. The maximum atomic E-state index is 12.2. The smallest absolute Gasteiger partial charge is 0.264 e. The topological polar surface area (TPSA) is 80.3 Å². The van der Waals surface area contributed by atoms with Crippen LogP contribution in [0.3, 0.4) is 0 Å². The first-order valence-corrected chi connectivity index (χ1v) is 10.4. The second-order valence-corrected chi connectivity index (χ2v) is 8.27. The van der Waals surface area contributed by atoms with Gasteiger partial charge in [-0.25, -0.2) is 4.98 Å². The predicted octanol–water partition coefficient (Wildman–Crippen LogP) is 4.14. The van der Waals surface area contributed by atoms with Crippen molar-refractivity contribution in [1.29, 1.82) is 0 Å². The molecule has 0 saturated carbocycles. The lowest BCUT2D eigenvalue weighted by Gasteiger charge is -2.10. The van der Waals surface area contributed by atoms with Gasteiger partial charge in [0.05, 0.1) is 17.1 Å². The Balaban J connectivity index is 1.56. The van der Waals surface area contributed by atoms with Crippen LogP contribution >= 0.6 is 22.7 Å². The van der Waals surface area contributed by atoms with Gasteiger partial charge in [-0.3, -0.25) is 14.9 Å². The van der Waals surface area contributed by atoms with Crippen molar-refractivity contribution >= 4 is 39.6 Å². The molecule has 2 heterocycles. The third kappa shape index (κ3) is 5.17. The van der Waals surface area contributed by atoms with Gasteiger partial charge in [-0.15, -0.1) is 22.7 Å². The zero-order valence-corrected chi connectivity index (χ0v) is 17.5. The van der Waals surface area contributed by atoms with Gasteiger partial charge < -0.3 is 10.1 Å². The number of thiophene rings is 1. The fourth-order valence-corrected chi connectivity index (χ4v) is 4.16. The minimum atomic E-state index is -0.251. The van der Waals surface area contributed by atoms with Crippen LogP contribution in [0.5, 0.6) is 5.75 Å². The van der Waals surface area contributed by atoms with Crippen molar-refractivity contribution < 1.29 is 14.3 Å². The van der Waals surface area contributed by atoms with E-state index in [4.69, 9.17) is 4.74 Å². The molecule has 6 nitrogen and oxygen atoms in total. The van der Waals surface area contributed by atoms with E-state index in [0.717, 1.165) is 26.6 Å². The Morgan fingerprint density at radius 2 is 2.00 bits per heavy atom. The molecule has 3 rings (SSSR count). The van der Waals surface area contributed by atoms with Crippen LogP contribution in [0, 0.1) is 13.8 Å². The van der Waals surface area contributed by atoms with E-state index >= 15 is 0 Å². The van der Waals surface area contributed by atoms with Crippen LogP contribution in [-0.2, 0) is 16.1 Å². The highest BCUT2D eigenvalue weighted by atomic mass is 32.1. The first kappa shape index (κ1) is 20.0. The number of nitrogens with one attached hydrogen (secondary N) is 2. The van der Waals surface area contributed by atoms with Crippen molar-refractivity contribution in [3.63, 3.8) is 0 Å². The van der Waals surface area contributed by atoms with Gasteiger partial charge >= 0.3 is 0 Å². The highest BCUT2D eigenvalue weighted by molar-refractivity contribution is 7.17. The van der Waals surface area contributed by atoms with Crippen molar-refractivity contribution in [2.45, 2.75) is 27.3 Å². The van der Waals surface area contributed by atoms with Gasteiger partial charge in [-0.1, -0.05) is 12.1 Å². The molecule has 0 aliphatic heterocycles. The molecule has 0 radical (unpaired) electrons. The summed E-state index contributed by atoms with van der Waals surface area (Å²) in [6.45, 7) is 5.90. The van der Waals surface area contributed by atoms with E-state index in [1.165, 1.54) is 18.3 Å². The number of anilines is 1. The summed E-state index contributed by atoms with van der Waals surface area (Å²) in [5.74, 6) is 0.399. The van der Waals surface area contributed by atoms with Gasteiger partial charge in [-0.2, -0.15) is 0 Å². The number of hydrogen-bond acceptors (Lipinski definition) is 6. The summed E-state index contributed by atoms with van der Waals surface area (Å²) in [4.78, 5) is 29.7. The average molecular weight is 416 g/mol. The molecule has 2 amide bonds. The van der Waals surface area contributed by atoms with Crippen molar-refractivity contribution in [3.8, 4) is 16.3 Å². The fourth-order valence-electron chi connectivity index (χ4n) is 2.45. The number of benzene rings is 1. The van der Waals surface area contributed by atoms with Crippen LogP contribution in [0.25, 0.3) is 10.6 Å². The molecule has 0 aliphatic carbocycles. The first-order chi connectivity index (χ1) is 13.4. The number of thiazole rings is 1. The third-order valence-electron chi connectivity index (χ3n) is 4.09. The van der Waals surface area contributed by atoms with E-state index in [1.54, 1.807) is 11.3 Å². The number of aryl methyl sites for hydroxylation is 1. The van der Waals surface area contributed by atoms with E-state index in [1.807, 2.05) is 49.6 Å². The van der Waals surface area contributed by atoms with Crippen LogP contribution in [-0.4, -0.2) is 23.4 Å². The summed E-state index contributed by atoms with van der Waals surface area (Å²) in [6.07, 6.45) is 0. The molecule has 2 aromatic heterocycles. The quantitative estimate of drug-likeness (QED) is 0.608. The normalized spacial score (nSPS) is 10.5. The van der Waals surface area contributed by atoms with E-state index in [2.05, 4.69) is 15.6 Å². The Hall–Kier alpha value is -2.71. The van der Waals surface area contributed by atoms with Crippen molar-refractivity contribution in [2.24, 2.45) is 0 Å². The van der Waals surface area contributed by atoms with Crippen molar-refractivity contribution in [2.75, 3.05) is 11.9 Å². The van der Waals surface area contributed by atoms with Crippen LogP contribution in [0.15, 0.2) is 35.7 Å². The van der Waals surface area contributed by atoms with Gasteiger partial charge in [0, 0.05) is 17.2 Å². The lowest BCUT2D eigenvalue weighted by atomic mass is 10.1. The molecule has 0 bridgehead atoms. The Labute approximate surface area is 171 Å². The molecule has 0 atom stereocenters. The number of rotatable bonds is 7. The number of aromatic nitrogens is 1. The minimum Gasteiger partial charge on any atom is -0.483 e. The van der Waals surface area contributed by atoms with Crippen molar-refractivity contribution in [1.82, 2.24) is 10.3 Å². The van der Waals surface area contributed by atoms with Gasteiger partial charge in [0.25, 0.3) is 5.91 Å². The Bertz CT molecular complexity index is 994. The monoisotopic (exact) mass is 415 g/mol. The lowest BCUT2D eigenvalue weighted by molar-refractivity contribution is -0.119. The number of carbonyl (C=O) groups is 2. The summed E-state index contributed by atoms with van der Waals surface area (Å²) < 4.78 is 5.62. The van der Waals surface area contributed by atoms with Crippen LogP contribution in [0.4, 0.5) is 5.13 Å². The molecule has 0 fully saturated rings. The highest BCUT2D eigenvalue weighted by Crippen LogP contribution is 2.30. The zero-order valence-electron chi connectivity index (χ0n) is 15.9. The minimum absolute atomic E-state index is 0.0586. The number of hydrogen-bond donors (Lipinski definition) is 2. The maximum absolute atomic E-state index is 12.2. The van der Waals surface area contributed by atoms with E-state index in [9.17, 15) is 9.59 Å². The second kappa shape index (κ2) is 8.99. The molecule has 28 heavy (non-hydrogen) atoms. The Morgan fingerprint density at radius 1 is 1.18 bits per heavy atom.